The summed E-state index contributed by atoms with van der Waals surface area (Å²) < 4.78 is 30.6. The minimum Gasteiger partial charge on any atom is -0.507 e. The number of esters is 1. The molecular formula is C16H12F2O4. The van der Waals surface area contributed by atoms with Gasteiger partial charge in [-0.05, 0) is 37.3 Å². The van der Waals surface area contributed by atoms with Crippen molar-refractivity contribution in [1.29, 1.82) is 0 Å². The van der Waals surface area contributed by atoms with E-state index in [9.17, 15) is 23.5 Å². The molecule has 0 amide bonds. The standard InChI is InChI=1S/C16H12F2O4/c1-9-2-5-14(19)11(6-9)16(21)22-8-15(20)10-3-4-12(17)13(18)7-10/h2-7,19H,8H2,1H3. The van der Waals surface area contributed by atoms with E-state index in [-0.39, 0.29) is 16.9 Å². The van der Waals surface area contributed by atoms with Gasteiger partial charge in [0.15, 0.2) is 24.0 Å². The number of phenols is 1. The van der Waals surface area contributed by atoms with Crippen molar-refractivity contribution >= 4 is 11.8 Å². The Bertz CT molecular complexity index is 741. The summed E-state index contributed by atoms with van der Waals surface area (Å²) in [7, 11) is 0. The third-order valence-corrected chi connectivity index (χ3v) is 2.95. The number of ketones is 1. The van der Waals surface area contributed by atoms with Gasteiger partial charge in [-0.3, -0.25) is 4.79 Å². The largest absolute Gasteiger partial charge is 0.507 e. The van der Waals surface area contributed by atoms with E-state index in [0.717, 1.165) is 23.8 Å². The van der Waals surface area contributed by atoms with Crippen molar-refractivity contribution in [2.75, 3.05) is 6.61 Å². The Morgan fingerprint density at radius 1 is 1.09 bits per heavy atom. The number of Topliss-reactive ketones (excluding diaryl/α,β-unsaturated/α-hetero) is 1. The van der Waals surface area contributed by atoms with Gasteiger partial charge in [-0.15, -0.1) is 0 Å². The van der Waals surface area contributed by atoms with E-state index >= 15 is 0 Å². The van der Waals surface area contributed by atoms with Gasteiger partial charge in [0.05, 0.1) is 0 Å². The Labute approximate surface area is 125 Å². The number of phenolic OH excluding ortho intramolecular Hbond substituents is 1. The molecule has 114 valence electrons. The van der Waals surface area contributed by atoms with Crippen molar-refractivity contribution in [3.8, 4) is 5.75 Å². The highest BCUT2D eigenvalue weighted by Gasteiger charge is 2.16. The van der Waals surface area contributed by atoms with E-state index in [0.29, 0.717) is 0 Å². The molecule has 0 radical (unpaired) electrons. The number of ether oxygens (including phenoxy) is 1. The van der Waals surface area contributed by atoms with Crippen molar-refractivity contribution in [2.45, 2.75) is 6.92 Å². The minimum absolute atomic E-state index is 0.0712. The maximum absolute atomic E-state index is 13.0. The fourth-order valence-corrected chi connectivity index (χ4v) is 1.78. The van der Waals surface area contributed by atoms with Crippen LogP contribution in [0.25, 0.3) is 0 Å². The maximum atomic E-state index is 13.0. The molecule has 2 aromatic rings. The second-order valence-corrected chi connectivity index (χ2v) is 4.65. The van der Waals surface area contributed by atoms with Crippen LogP contribution < -0.4 is 0 Å². The molecule has 0 atom stereocenters. The topological polar surface area (TPSA) is 63.6 Å². The van der Waals surface area contributed by atoms with Crippen LogP contribution in [0.4, 0.5) is 8.78 Å². The van der Waals surface area contributed by atoms with Crippen molar-refractivity contribution in [2.24, 2.45) is 0 Å². The molecule has 0 fully saturated rings. The summed E-state index contributed by atoms with van der Waals surface area (Å²) in [5.74, 6) is -4.06. The zero-order chi connectivity index (χ0) is 16.3. The Hall–Kier alpha value is -2.76. The molecule has 4 nitrogen and oxygen atoms in total. The number of aryl methyl sites for hydroxylation is 1. The van der Waals surface area contributed by atoms with Gasteiger partial charge in [-0.1, -0.05) is 11.6 Å². The van der Waals surface area contributed by atoms with Gasteiger partial charge >= 0.3 is 5.97 Å². The molecule has 0 unspecified atom stereocenters. The Morgan fingerprint density at radius 2 is 1.82 bits per heavy atom. The summed E-state index contributed by atoms with van der Waals surface area (Å²) in [6.07, 6.45) is 0. The molecule has 0 bridgehead atoms. The summed E-state index contributed by atoms with van der Waals surface area (Å²) in [6.45, 7) is 1.08. The average Bonchev–Trinajstić information content (AvgIpc) is 2.49. The molecule has 22 heavy (non-hydrogen) atoms. The van der Waals surface area contributed by atoms with Crippen LogP contribution >= 0.6 is 0 Å². The van der Waals surface area contributed by atoms with E-state index in [1.165, 1.54) is 12.1 Å². The zero-order valence-corrected chi connectivity index (χ0v) is 11.6. The van der Waals surface area contributed by atoms with E-state index in [1.807, 2.05) is 0 Å². The van der Waals surface area contributed by atoms with Crippen molar-refractivity contribution in [3.05, 3.63) is 64.7 Å². The predicted octanol–water partition coefficient (Wildman–Crippen LogP) is 3.02. The third kappa shape index (κ3) is 3.46. The monoisotopic (exact) mass is 306 g/mol. The molecule has 2 aromatic carbocycles. The van der Waals surface area contributed by atoms with Crippen molar-refractivity contribution in [1.82, 2.24) is 0 Å². The molecule has 0 heterocycles. The Balaban J connectivity index is 2.05. The lowest BCUT2D eigenvalue weighted by Gasteiger charge is -2.07. The van der Waals surface area contributed by atoms with E-state index in [1.54, 1.807) is 13.0 Å². The normalized spacial score (nSPS) is 10.3. The Morgan fingerprint density at radius 3 is 2.50 bits per heavy atom. The lowest BCUT2D eigenvalue weighted by Crippen LogP contribution is -2.15. The zero-order valence-electron chi connectivity index (χ0n) is 11.6. The highest BCUT2D eigenvalue weighted by Crippen LogP contribution is 2.19. The van der Waals surface area contributed by atoms with Crippen LogP contribution in [0.15, 0.2) is 36.4 Å². The van der Waals surface area contributed by atoms with Gasteiger partial charge in [0.2, 0.25) is 0 Å². The molecule has 6 heteroatoms. The maximum Gasteiger partial charge on any atom is 0.342 e. The first-order chi connectivity index (χ1) is 10.4. The number of halogens is 2. The Kier molecular flexibility index (Phi) is 4.50. The number of carbonyl (C=O) groups excluding carboxylic acids is 2. The highest BCUT2D eigenvalue weighted by molar-refractivity contribution is 6.00. The SMILES string of the molecule is Cc1ccc(O)c(C(=O)OCC(=O)c2ccc(F)c(F)c2)c1. The van der Waals surface area contributed by atoms with Crippen LogP contribution in [0.5, 0.6) is 5.75 Å². The molecule has 0 aliphatic carbocycles. The van der Waals surface area contributed by atoms with Crippen molar-refractivity contribution < 1.29 is 28.2 Å². The van der Waals surface area contributed by atoms with Gasteiger partial charge in [0.25, 0.3) is 0 Å². The predicted molar refractivity (Wildman–Crippen MR) is 73.8 cm³/mol. The van der Waals surface area contributed by atoms with Gasteiger partial charge in [0, 0.05) is 5.56 Å². The molecule has 0 spiro atoms. The van der Waals surface area contributed by atoms with Crippen LogP contribution in [-0.2, 0) is 4.74 Å². The average molecular weight is 306 g/mol. The summed E-state index contributed by atoms with van der Waals surface area (Å²) in [6, 6.07) is 7.01. The van der Waals surface area contributed by atoms with E-state index < -0.39 is 30.0 Å². The molecule has 0 aliphatic rings. The lowest BCUT2D eigenvalue weighted by molar-refractivity contribution is 0.0471. The lowest BCUT2D eigenvalue weighted by atomic mass is 10.1. The van der Waals surface area contributed by atoms with E-state index in [4.69, 9.17) is 4.74 Å². The molecule has 0 aliphatic heterocycles. The fourth-order valence-electron chi connectivity index (χ4n) is 1.78. The first kappa shape index (κ1) is 15.6. The van der Waals surface area contributed by atoms with Gasteiger partial charge in [-0.2, -0.15) is 0 Å². The number of aromatic hydroxyl groups is 1. The molecular weight excluding hydrogens is 294 g/mol. The minimum atomic E-state index is -1.16. The van der Waals surface area contributed by atoms with Crippen molar-refractivity contribution in [3.63, 3.8) is 0 Å². The highest BCUT2D eigenvalue weighted by atomic mass is 19.2. The first-order valence-electron chi connectivity index (χ1n) is 6.33. The summed E-state index contributed by atoms with van der Waals surface area (Å²) in [5, 5.41) is 9.58. The molecule has 0 saturated carbocycles. The first-order valence-corrected chi connectivity index (χ1v) is 6.33. The van der Waals surface area contributed by atoms with E-state index in [2.05, 4.69) is 0 Å². The second-order valence-electron chi connectivity index (χ2n) is 4.65. The fraction of sp³-hybridized carbons (Fsp3) is 0.125. The molecule has 1 N–H and O–H groups in total. The second kappa shape index (κ2) is 6.34. The number of hydrogen-bond donors (Lipinski definition) is 1. The van der Waals surface area contributed by atoms with Gasteiger partial charge < -0.3 is 9.84 Å². The molecule has 0 aromatic heterocycles. The third-order valence-electron chi connectivity index (χ3n) is 2.95. The molecule has 0 saturated heterocycles. The number of benzene rings is 2. The van der Waals surface area contributed by atoms with Crippen LogP contribution in [0.2, 0.25) is 0 Å². The van der Waals surface area contributed by atoms with Crippen LogP contribution in [0, 0.1) is 18.6 Å². The molecule has 2 rings (SSSR count). The summed E-state index contributed by atoms with van der Waals surface area (Å²) in [4.78, 5) is 23.6. The van der Waals surface area contributed by atoms with Crippen LogP contribution in [0.3, 0.4) is 0 Å². The number of rotatable bonds is 4. The van der Waals surface area contributed by atoms with Crippen LogP contribution in [-0.4, -0.2) is 23.5 Å². The smallest absolute Gasteiger partial charge is 0.342 e. The summed E-state index contributed by atoms with van der Waals surface area (Å²) in [5.41, 5.74) is 0.551. The van der Waals surface area contributed by atoms with Crippen LogP contribution in [0.1, 0.15) is 26.3 Å². The van der Waals surface area contributed by atoms with Gasteiger partial charge in [0.1, 0.15) is 11.3 Å². The van der Waals surface area contributed by atoms with Gasteiger partial charge in [-0.25, -0.2) is 13.6 Å². The number of carbonyl (C=O) groups is 2. The number of hydrogen-bond acceptors (Lipinski definition) is 4. The quantitative estimate of drug-likeness (QED) is 0.696. The summed E-state index contributed by atoms with van der Waals surface area (Å²) >= 11 is 0.